The second-order valence-corrected chi connectivity index (χ2v) is 7.96. The lowest BCUT2D eigenvalue weighted by atomic mass is 9.99. The van der Waals surface area contributed by atoms with Gasteiger partial charge in [0.05, 0.1) is 4.91 Å². The third kappa shape index (κ3) is 4.61. The van der Waals surface area contributed by atoms with Crippen LogP contribution in [0.25, 0.3) is 6.08 Å². The molecule has 0 atom stereocenters. The first-order valence-corrected chi connectivity index (χ1v) is 9.50. The zero-order valence-corrected chi connectivity index (χ0v) is 15.6. The van der Waals surface area contributed by atoms with Gasteiger partial charge in [-0.05, 0) is 30.9 Å². The van der Waals surface area contributed by atoms with E-state index in [9.17, 15) is 9.59 Å². The number of carbonyl (C=O) groups is 2. The van der Waals surface area contributed by atoms with Gasteiger partial charge in [0, 0.05) is 18.7 Å². The molecule has 0 radical (unpaired) electrons. The molecule has 0 bridgehead atoms. The van der Waals surface area contributed by atoms with Gasteiger partial charge in [0.1, 0.15) is 10.1 Å². The third-order valence-corrected chi connectivity index (χ3v) is 5.50. The Morgan fingerprint density at radius 1 is 1.40 bits per heavy atom. The molecule has 0 spiro atoms. The summed E-state index contributed by atoms with van der Waals surface area (Å²) in [6, 6.07) is 7.36. The number of likely N-dealkylation sites (tertiary alicyclic amines) is 1. The number of rotatable bonds is 4. The van der Waals surface area contributed by atoms with Crippen LogP contribution in [0, 0.1) is 5.92 Å². The van der Waals surface area contributed by atoms with Gasteiger partial charge < -0.3 is 15.0 Å². The zero-order valence-electron chi connectivity index (χ0n) is 14.0. The molecule has 0 saturated carbocycles. The van der Waals surface area contributed by atoms with Crippen LogP contribution >= 0.6 is 24.0 Å². The Labute approximate surface area is 156 Å². The standard InChI is InChI=1S/C18H20N2O3S2/c1-12-6-8-20(9-7-12)16(21)11-23-14-5-3-2-4-13(14)10-15-17(22)19-18(24)25-15/h2-5,10,12H,6-9,11H2,1H3,(H,19,22,24)/b15-10-. The maximum absolute atomic E-state index is 12.3. The van der Waals surface area contributed by atoms with E-state index in [0.717, 1.165) is 31.5 Å². The van der Waals surface area contributed by atoms with Crippen LogP contribution in [0.1, 0.15) is 25.3 Å². The first-order valence-electron chi connectivity index (χ1n) is 8.27. The molecule has 2 saturated heterocycles. The lowest BCUT2D eigenvalue weighted by molar-refractivity contribution is -0.134. The molecule has 0 aliphatic carbocycles. The number of thiocarbonyl (C=S) groups is 1. The van der Waals surface area contributed by atoms with E-state index in [1.807, 2.05) is 23.1 Å². The van der Waals surface area contributed by atoms with Crippen molar-refractivity contribution in [1.82, 2.24) is 10.2 Å². The second kappa shape index (κ2) is 8.01. The molecule has 1 N–H and O–H groups in total. The SMILES string of the molecule is CC1CCN(C(=O)COc2ccccc2/C=C2\SC(=S)NC2=O)CC1. The molecule has 7 heteroatoms. The average molecular weight is 377 g/mol. The summed E-state index contributed by atoms with van der Waals surface area (Å²) < 4.78 is 6.19. The predicted molar refractivity (Wildman–Crippen MR) is 103 cm³/mol. The van der Waals surface area contributed by atoms with Crippen LogP contribution < -0.4 is 10.1 Å². The summed E-state index contributed by atoms with van der Waals surface area (Å²) in [6.45, 7) is 3.81. The van der Waals surface area contributed by atoms with E-state index in [1.54, 1.807) is 12.1 Å². The summed E-state index contributed by atoms with van der Waals surface area (Å²) >= 11 is 6.22. The highest BCUT2D eigenvalue weighted by atomic mass is 32.2. The quantitative estimate of drug-likeness (QED) is 0.647. The number of carbonyl (C=O) groups excluding carboxylic acids is 2. The van der Waals surface area contributed by atoms with Gasteiger partial charge in [-0.15, -0.1) is 0 Å². The van der Waals surface area contributed by atoms with Crippen LogP contribution in [0.4, 0.5) is 0 Å². The number of nitrogens with one attached hydrogen (secondary N) is 1. The first-order chi connectivity index (χ1) is 12.0. The van der Waals surface area contributed by atoms with Crippen LogP contribution in [0.15, 0.2) is 29.2 Å². The van der Waals surface area contributed by atoms with Gasteiger partial charge in [-0.3, -0.25) is 9.59 Å². The molecule has 2 fully saturated rings. The highest BCUT2D eigenvalue weighted by molar-refractivity contribution is 8.26. The predicted octanol–water partition coefficient (Wildman–Crippen LogP) is 2.81. The van der Waals surface area contributed by atoms with Crippen molar-refractivity contribution in [3.8, 4) is 5.75 Å². The van der Waals surface area contributed by atoms with Gasteiger partial charge in [0.15, 0.2) is 6.61 Å². The van der Waals surface area contributed by atoms with Crippen molar-refractivity contribution in [2.45, 2.75) is 19.8 Å². The second-order valence-electron chi connectivity index (χ2n) is 6.24. The molecule has 5 nitrogen and oxygen atoms in total. The Hall–Kier alpha value is -1.86. The molecule has 1 aromatic rings. The summed E-state index contributed by atoms with van der Waals surface area (Å²) in [4.78, 5) is 26.5. The van der Waals surface area contributed by atoms with Crippen LogP contribution in [-0.4, -0.2) is 40.7 Å². The summed E-state index contributed by atoms with van der Waals surface area (Å²) in [6.07, 6.45) is 3.82. The minimum absolute atomic E-state index is 0.00326. The molecule has 1 aromatic carbocycles. The van der Waals surface area contributed by atoms with Crippen molar-refractivity contribution in [3.63, 3.8) is 0 Å². The van der Waals surface area contributed by atoms with Crippen molar-refractivity contribution in [1.29, 1.82) is 0 Å². The number of hydrogen-bond donors (Lipinski definition) is 1. The van der Waals surface area contributed by atoms with Gasteiger partial charge in [-0.1, -0.05) is 49.1 Å². The Balaban J connectivity index is 1.65. The van der Waals surface area contributed by atoms with E-state index in [1.165, 1.54) is 11.8 Å². The van der Waals surface area contributed by atoms with Gasteiger partial charge in [-0.25, -0.2) is 0 Å². The Bertz CT molecular complexity index is 725. The number of ether oxygens (including phenoxy) is 1. The maximum atomic E-state index is 12.3. The van der Waals surface area contributed by atoms with E-state index >= 15 is 0 Å². The molecule has 2 heterocycles. The minimum atomic E-state index is -0.205. The smallest absolute Gasteiger partial charge is 0.263 e. The number of benzene rings is 1. The fourth-order valence-corrected chi connectivity index (χ4v) is 3.82. The van der Waals surface area contributed by atoms with Gasteiger partial charge >= 0.3 is 0 Å². The molecule has 0 aromatic heterocycles. The number of amides is 2. The van der Waals surface area contributed by atoms with E-state index in [4.69, 9.17) is 17.0 Å². The Kier molecular flexibility index (Phi) is 5.75. The van der Waals surface area contributed by atoms with Crippen molar-refractivity contribution >= 4 is 46.2 Å². The summed E-state index contributed by atoms with van der Waals surface area (Å²) in [5.41, 5.74) is 0.755. The van der Waals surface area contributed by atoms with Gasteiger partial charge in [0.2, 0.25) is 0 Å². The van der Waals surface area contributed by atoms with E-state index in [2.05, 4.69) is 12.2 Å². The number of thioether (sulfide) groups is 1. The fourth-order valence-electron chi connectivity index (χ4n) is 2.78. The first kappa shape index (κ1) is 17.9. The lowest BCUT2D eigenvalue weighted by Gasteiger charge is -2.30. The fraction of sp³-hybridized carbons (Fsp3) is 0.389. The van der Waals surface area contributed by atoms with Crippen LogP contribution in [-0.2, 0) is 9.59 Å². The van der Waals surface area contributed by atoms with E-state index in [0.29, 0.717) is 20.9 Å². The van der Waals surface area contributed by atoms with Crippen molar-refractivity contribution < 1.29 is 14.3 Å². The Morgan fingerprint density at radius 3 is 2.80 bits per heavy atom. The molecule has 2 amide bonds. The minimum Gasteiger partial charge on any atom is -0.483 e. The molecule has 25 heavy (non-hydrogen) atoms. The monoisotopic (exact) mass is 376 g/mol. The van der Waals surface area contributed by atoms with Crippen LogP contribution in [0.2, 0.25) is 0 Å². The molecule has 132 valence electrons. The van der Waals surface area contributed by atoms with Gasteiger partial charge in [0.25, 0.3) is 11.8 Å². The van der Waals surface area contributed by atoms with Crippen molar-refractivity contribution in [3.05, 3.63) is 34.7 Å². The maximum Gasteiger partial charge on any atom is 0.263 e. The van der Waals surface area contributed by atoms with Crippen molar-refractivity contribution in [2.75, 3.05) is 19.7 Å². The molecule has 3 rings (SSSR count). The van der Waals surface area contributed by atoms with E-state index < -0.39 is 0 Å². The molecule has 2 aliphatic rings. The Morgan fingerprint density at radius 2 is 2.12 bits per heavy atom. The van der Waals surface area contributed by atoms with Crippen molar-refractivity contribution in [2.24, 2.45) is 5.92 Å². The highest BCUT2D eigenvalue weighted by Crippen LogP contribution is 2.29. The summed E-state index contributed by atoms with van der Waals surface area (Å²) in [5.74, 6) is 1.06. The summed E-state index contributed by atoms with van der Waals surface area (Å²) in [7, 11) is 0. The number of para-hydroxylation sites is 1. The van der Waals surface area contributed by atoms with Crippen LogP contribution in [0.5, 0.6) is 5.75 Å². The number of hydrogen-bond acceptors (Lipinski definition) is 5. The number of piperidine rings is 1. The number of nitrogens with zero attached hydrogens (tertiary/aromatic N) is 1. The largest absolute Gasteiger partial charge is 0.483 e. The lowest BCUT2D eigenvalue weighted by Crippen LogP contribution is -2.40. The normalized spacial score (nSPS) is 20.0. The zero-order chi connectivity index (χ0) is 17.8. The average Bonchev–Trinajstić information content (AvgIpc) is 2.91. The topological polar surface area (TPSA) is 58.6 Å². The van der Waals surface area contributed by atoms with Crippen LogP contribution in [0.3, 0.4) is 0 Å². The molecule has 2 aliphatic heterocycles. The molecule has 0 unspecified atom stereocenters. The molecular weight excluding hydrogens is 356 g/mol. The summed E-state index contributed by atoms with van der Waals surface area (Å²) in [5, 5.41) is 2.59. The molecular formula is C18H20N2O3S2. The van der Waals surface area contributed by atoms with Gasteiger partial charge in [-0.2, -0.15) is 0 Å². The highest BCUT2D eigenvalue weighted by Gasteiger charge is 2.23. The van der Waals surface area contributed by atoms with E-state index in [-0.39, 0.29) is 18.4 Å². The third-order valence-electron chi connectivity index (χ3n) is 4.34.